The van der Waals surface area contributed by atoms with E-state index in [-0.39, 0.29) is 5.56 Å². The highest BCUT2D eigenvalue weighted by atomic mass is 16.1. The first-order valence-electron chi connectivity index (χ1n) is 5.37. The van der Waals surface area contributed by atoms with E-state index in [0.717, 1.165) is 16.7 Å². The molecule has 0 fully saturated rings. The van der Waals surface area contributed by atoms with Gasteiger partial charge >= 0.3 is 0 Å². The summed E-state index contributed by atoms with van der Waals surface area (Å²) in [6, 6.07) is 11.4. The number of aromatic amines is 1. The maximum Gasteiger partial charge on any atom is 0.251 e. The van der Waals surface area contributed by atoms with Crippen LogP contribution in [0.4, 0.5) is 0 Å². The Morgan fingerprint density at radius 1 is 1.24 bits per heavy atom. The van der Waals surface area contributed by atoms with E-state index in [9.17, 15) is 4.79 Å². The van der Waals surface area contributed by atoms with Gasteiger partial charge in [0.05, 0.1) is 11.6 Å². The summed E-state index contributed by atoms with van der Waals surface area (Å²) in [5, 5.41) is 8.70. The first-order chi connectivity index (χ1) is 8.20. The monoisotopic (exact) mass is 224 g/mol. The van der Waals surface area contributed by atoms with Crippen LogP contribution in [0.2, 0.25) is 0 Å². The second kappa shape index (κ2) is 4.67. The summed E-state index contributed by atoms with van der Waals surface area (Å²) >= 11 is 0. The van der Waals surface area contributed by atoms with Crippen LogP contribution < -0.4 is 5.56 Å². The molecule has 3 heteroatoms. The lowest BCUT2D eigenvalue weighted by Gasteiger charge is -2.04. The molecule has 0 bridgehead atoms. The zero-order valence-electron chi connectivity index (χ0n) is 9.53. The van der Waals surface area contributed by atoms with E-state index in [2.05, 4.69) is 11.1 Å². The van der Waals surface area contributed by atoms with Crippen molar-refractivity contribution in [3.05, 3.63) is 69.1 Å². The molecule has 0 saturated heterocycles. The summed E-state index contributed by atoms with van der Waals surface area (Å²) in [6.45, 7) is 1.82. The molecule has 0 aliphatic carbocycles. The minimum atomic E-state index is -0.0452. The van der Waals surface area contributed by atoms with E-state index in [1.54, 1.807) is 18.3 Å². The maximum absolute atomic E-state index is 11.4. The third kappa shape index (κ3) is 2.43. The summed E-state index contributed by atoms with van der Waals surface area (Å²) in [5.41, 5.74) is 3.46. The third-order valence-corrected chi connectivity index (χ3v) is 2.80. The molecule has 0 aliphatic heterocycles. The molecule has 1 N–H and O–H groups in total. The highest BCUT2D eigenvalue weighted by Gasteiger charge is 2.03. The van der Waals surface area contributed by atoms with Gasteiger partial charge in [0, 0.05) is 11.8 Å². The van der Waals surface area contributed by atoms with Crippen molar-refractivity contribution in [2.45, 2.75) is 13.3 Å². The predicted molar refractivity (Wildman–Crippen MR) is 65.8 cm³/mol. The van der Waals surface area contributed by atoms with Crippen LogP contribution >= 0.6 is 0 Å². The topological polar surface area (TPSA) is 56.6 Å². The number of aromatic nitrogens is 1. The van der Waals surface area contributed by atoms with Gasteiger partial charge in [0.2, 0.25) is 0 Å². The first kappa shape index (κ1) is 11.2. The molecule has 17 heavy (non-hydrogen) atoms. The fourth-order valence-electron chi connectivity index (χ4n) is 1.71. The molecule has 0 amide bonds. The van der Waals surface area contributed by atoms with Gasteiger partial charge in [-0.3, -0.25) is 4.79 Å². The fraction of sp³-hybridized carbons (Fsp3) is 0.143. The number of H-pyrrole nitrogens is 1. The zero-order valence-corrected chi connectivity index (χ0v) is 9.53. The number of pyridine rings is 1. The largest absolute Gasteiger partial charge is 0.329 e. The molecule has 2 rings (SSSR count). The lowest BCUT2D eigenvalue weighted by molar-refractivity contribution is 1.08. The van der Waals surface area contributed by atoms with Crippen molar-refractivity contribution < 1.29 is 0 Å². The number of nitrogens with one attached hydrogen (secondary N) is 1. The lowest BCUT2D eigenvalue weighted by Crippen LogP contribution is -2.11. The van der Waals surface area contributed by atoms with Crippen molar-refractivity contribution in [2.75, 3.05) is 0 Å². The Morgan fingerprint density at radius 2 is 1.94 bits per heavy atom. The number of benzene rings is 1. The number of rotatable bonds is 2. The second-order valence-corrected chi connectivity index (χ2v) is 3.94. The number of nitrogens with zero attached hydrogens (tertiary/aromatic N) is 1. The van der Waals surface area contributed by atoms with Gasteiger partial charge < -0.3 is 4.98 Å². The van der Waals surface area contributed by atoms with E-state index in [4.69, 9.17) is 5.26 Å². The average molecular weight is 224 g/mol. The smallest absolute Gasteiger partial charge is 0.251 e. The Kier molecular flexibility index (Phi) is 3.06. The van der Waals surface area contributed by atoms with Crippen molar-refractivity contribution in [3.8, 4) is 6.07 Å². The van der Waals surface area contributed by atoms with Gasteiger partial charge in [-0.25, -0.2) is 0 Å². The summed E-state index contributed by atoms with van der Waals surface area (Å²) in [7, 11) is 0. The zero-order chi connectivity index (χ0) is 12.3. The summed E-state index contributed by atoms with van der Waals surface area (Å²) in [6.07, 6.45) is 2.37. The summed E-state index contributed by atoms with van der Waals surface area (Å²) < 4.78 is 0. The number of hydrogen-bond donors (Lipinski definition) is 1. The molecule has 1 heterocycles. The maximum atomic E-state index is 11.4. The van der Waals surface area contributed by atoms with Crippen molar-refractivity contribution in [3.63, 3.8) is 0 Å². The molecule has 0 aliphatic rings. The van der Waals surface area contributed by atoms with Crippen molar-refractivity contribution >= 4 is 0 Å². The van der Waals surface area contributed by atoms with E-state index in [0.29, 0.717) is 12.0 Å². The van der Waals surface area contributed by atoms with E-state index in [1.165, 1.54) is 0 Å². The van der Waals surface area contributed by atoms with E-state index >= 15 is 0 Å². The molecule has 84 valence electrons. The Balaban J connectivity index is 2.29. The Labute approximate surface area is 99.4 Å². The SMILES string of the molecule is Cc1c(Cc2ccc(C#N)cc2)cc[nH]c1=O. The van der Waals surface area contributed by atoms with Crippen molar-refractivity contribution in [2.24, 2.45) is 0 Å². The van der Waals surface area contributed by atoms with Gasteiger partial charge in [0.1, 0.15) is 0 Å². The molecule has 3 nitrogen and oxygen atoms in total. The second-order valence-electron chi connectivity index (χ2n) is 3.94. The number of nitriles is 1. The van der Waals surface area contributed by atoms with Crippen LogP contribution in [0.25, 0.3) is 0 Å². The van der Waals surface area contributed by atoms with E-state index < -0.39 is 0 Å². The van der Waals surface area contributed by atoms with Gasteiger partial charge in [-0.15, -0.1) is 0 Å². The molecule has 0 atom stereocenters. The highest BCUT2D eigenvalue weighted by molar-refractivity contribution is 5.35. The van der Waals surface area contributed by atoms with Crippen LogP contribution in [-0.2, 0) is 6.42 Å². The normalized spacial score (nSPS) is 9.88. The van der Waals surface area contributed by atoms with Crippen LogP contribution in [0.3, 0.4) is 0 Å². The Morgan fingerprint density at radius 3 is 2.59 bits per heavy atom. The molecule has 2 aromatic rings. The third-order valence-electron chi connectivity index (χ3n) is 2.80. The predicted octanol–water partition coefficient (Wildman–Crippen LogP) is 2.15. The van der Waals surface area contributed by atoms with Crippen molar-refractivity contribution in [1.82, 2.24) is 4.98 Å². The first-order valence-corrected chi connectivity index (χ1v) is 5.37. The van der Waals surface area contributed by atoms with E-state index in [1.807, 2.05) is 25.1 Å². The van der Waals surface area contributed by atoms with Crippen LogP contribution in [0.5, 0.6) is 0 Å². The molecule has 1 aromatic heterocycles. The number of hydrogen-bond acceptors (Lipinski definition) is 2. The Hall–Kier alpha value is -2.34. The quantitative estimate of drug-likeness (QED) is 0.849. The van der Waals surface area contributed by atoms with Crippen LogP contribution in [0.15, 0.2) is 41.3 Å². The van der Waals surface area contributed by atoms with Crippen LogP contribution in [0.1, 0.15) is 22.3 Å². The fourth-order valence-corrected chi connectivity index (χ4v) is 1.71. The summed E-state index contributed by atoms with van der Waals surface area (Å²) in [5.74, 6) is 0. The molecule has 0 spiro atoms. The molecule has 1 aromatic carbocycles. The average Bonchev–Trinajstić information content (AvgIpc) is 2.36. The van der Waals surface area contributed by atoms with Crippen molar-refractivity contribution in [1.29, 1.82) is 5.26 Å². The minimum absolute atomic E-state index is 0.0452. The Bertz CT molecular complexity index is 618. The van der Waals surface area contributed by atoms with Gasteiger partial charge in [-0.2, -0.15) is 5.26 Å². The van der Waals surface area contributed by atoms with Gasteiger partial charge in [-0.05, 0) is 42.7 Å². The molecular formula is C14H12N2O. The lowest BCUT2D eigenvalue weighted by atomic mass is 10.0. The van der Waals surface area contributed by atoms with Gasteiger partial charge in [0.25, 0.3) is 5.56 Å². The van der Waals surface area contributed by atoms with Gasteiger partial charge in [-0.1, -0.05) is 12.1 Å². The molecule has 0 radical (unpaired) electrons. The molecular weight excluding hydrogens is 212 g/mol. The highest BCUT2D eigenvalue weighted by Crippen LogP contribution is 2.11. The van der Waals surface area contributed by atoms with Gasteiger partial charge in [0.15, 0.2) is 0 Å². The van der Waals surface area contributed by atoms with Crippen LogP contribution in [0, 0.1) is 18.3 Å². The molecule has 0 unspecified atom stereocenters. The molecule has 0 saturated carbocycles. The van der Waals surface area contributed by atoms with Crippen LogP contribution in [-0.4, -0.2) is 4.98 Å². The minimum Gasteiger partial charge on any atom is -0.329 e. The summed E-state index contributed by atoms with van der Waals surface area (Å²) in [4.78, 5) is 14.1. The standard InChI is InChI=1S/C14H12N2O/c1-10-13(6-7-16-14(10)17)8-11-2-4-12(9-15)5-3-11/h2-7H,8H2,1H3,(H,16,17).